The van der Waals surface area contributed by atoms with Crippen molar-refractivity contribution >= 4 is 16.6 Å². The maximum atomic E-state index is 12.6. The molecule has 1 aromatic heterocycles. The second-order valence-corrected chi connectivity index (χ2v) is 6.18. The average molecular weight is 254 g/mol. The number of aromatic nitrogens is 1. The topological polar surface area (TPSA) is 48.0 Å². The Labute approximate surface area is 112 Å². The monoisotopic (exact) mass is 254 g/mol. The Balaban J connectivity index is 1.83. The number of rotatable bonds is 3. The van der Waals surface area contributed by atoms with Crippen LogP contribution in [0.1, 0.15) is 25.7 Å². The summed E-state index contributed by atoms with van der Waals surface area (Å²) >= 11 is 0. The Morgan fingerprint density at radius 2 is 2.00 bits per heavy atom. The van der Waals surface area contributed by atoms with Gasteiger partial charge in [0.15, 0.2) is 0 Å². The summed E-state index contributed by atoms with van der Waals surface area (Å²) in [5, 5.41) is 1.72. The van der Waals surface area contributed by atoms with Crippen molar-refractivity contribution in [3.63, 3.8) is 0 Å². The van der Waals surface area contributed by atoms with E-state index in [9.17, 15) is 4.79 Å². The summed E-state index contributed by atoms with van der Waals surface area (Å²) in [6, 6.07) is 9.63. The molecule has 2 fully saturated rings. The molecule has 1 heterocycles. The molecular formula is C16H18N2O. The van der Waals surface area contributed by atoms with Crippen LogP contribution in [0.2, 0.25) is 0 Å². The van der Waals surface area contributed by atoms with Crippen LogP contribution in [0.15, 0.2) is 35.1 Å². The molecule has 3 heteroatoms. The quantitative estimate of drug-likeness (QED) is 0.915. The fourth-order valence-electron chi connectivity index (χ4n) is 3.35. The molecule has 2 N–H and O–H groups in total. The van der Waals surface area contributed by atoms with Crippen molar-refractivity contribution in [1.82, 2.24) is 4.57 Å². The van der Waals surface area contributed by atoms with Crippen LogP contribution in [0.4, 0.5) is 5.82 Å². The van der Waals surface area contributed by atoms with E-state index in [4.69, 9.17) is 5.73 Å². The van der Waals surface area contributed by atoms with Crippen LogP contribution < -0.4 is 11.3 Å². The van der Waals surface area contributed by atoms with E-state index in [-0.39, 0.29) is 5.56 Å². The largest absolute Gasteiger partial charge is 0.385 e. The number of nitrogens with two attached hydrogens (primary N) is 1. The molecule has 0 radical (unpaired) electrons. The molecule has 19 heavy (non-hydrogen) atoms. The lowest BCUT2D eigenvalue weighted by molar-refractivity contribution is 0.368. The Morgan fingerprint density at radius 1 is 1.26 bits per heavy atom. The number of benzene rings is 1. The first kappa shape index (κ1) is 11.1. The SMILES string of the molecule is Nc1cc2ccccc2c(=O)n1CC1(C2CC2)CC1. The predicted octanol–water partition coefficient (Wildman–Crippen LogP) is 2.77. The lowest BCUT2D eigenvalue weighted by Crippen LogP contribution is -2.28. The zero-order valence-electron chi connectivity index (χ0n) is 10.9. The summed E-state index contributed by atoms with van der Waals surface area (Å²) in [6.07, 6.45) is 5.19. The summed E-state index contributed by atoms with van der Waals surface area (Å²) in [6.45, 7) is 0.813. The van der Waals surface area contributed by atoms with Gasteiger partial charge in [0, 0.05) is 11.9 Å². The van der Waals surface area contributed by atoms with Crippen LogP contribution in [0.3, 0.4) is 0 Å². The Bertz CT molecular complexity index is 708. The normalized spacial score (nSPS) is 20.6. The van der Waals surface area contributed by atoms with Crippen molar-refractivity contribution in [3.8, 4) is 0 Å². The molecule has 98 valence electrons. The van der Waals surface area contributed by atoms with E-state index in [0.29, 0.717) is 11.2 Å². The van der Waals surface area contributed by atoms with E-state index in [2.05, 4.69) is 0 Å². The van der Waals surface area contributed by atoms with Gasteiger partial charge in [-0.2, -0.15) is 0 Å². The third-order valence-corrected chi connectivity index (χ3v) is 4.86. The molecule has 0 atom stereocenters. The fraction of sp³-hybridized carbons (Fsp3) is 0.438. The highest BCUT2D eigenvalue weighted by Crippen LogP contribution is 2.62. The van der Waals surface area contributed by atoms with Gasteiger partial charge in [-0.1, -0.05) is 18.2 Å². The van der Waals surface area contributed by atoms with Gasteiger partial charge in [0.05, 0.1) is 0 Å². The maximum Gasteiger partial charge on any atom is 0.259 e. The van der Waals surface area contributed by atoms with E-state index in [1.165, 1.54) is 25.7 Å². The highest BCUT2D eigenvalue weighted by molar-refractivity contribution is 5.83. The van der Waals surface area contributed by atoms with E-state index >= 15 is 0 Å². The minimum Gasteiger partial charge on any atom is -0.385 e. The lowest BCUT2D eigenvalue weighted by atomic mass is 10.0. The molecule has 0 amide bonds. The molecule has 3 nitrogen and oxygen atoms in total. The molecule has 2 saturated carbocycles. The smallest absolute Gasteiger partial charge is 0.259 e. The minimum absolute atomic E-state index is 0.0718. The fourth-order valence-corrected chi connectivity index (χ4v) is 3.35. The summed E-state index contributed by atoms with van der Waals surface area (Å²) < 4.78 is 1.80. The predicted molar refractivity (Wildman–Crippen MR) is 77.0 cm³/mol. The van der Waals surface area contributed by atoms with Gasteiger partial charge >= 0.3 is 0 Å². The zero-order chi connectivity index (χ0) is 13.0. The summed E-state index contributed by atoms with van der Waals surface area (Å²) in [5.74, 6) is 1.45. The summed E-state index contributed by atoms with van der Waals surface area (Å²) in [4.78, 5) is 12.6. The number of nitrogen functional groups attached to an aromatic ring is 1. The van der Waals surface area contributed by atoms with Gasteiger partial charge in [-0.15, -0.1) is 0 Å². The molecule has 4 rings (SSSR count). The third-order valence-electron chi connectivity index (χ3n) is 4.86. The van der Waals surface area contributed by atoms with Crippen LogP contribution in [-0.2, 0) is 6.54 Å². The second-order valence-electron chi connectivity index (χ2n) is 6.18. The number of fused-ring (bicyclic) bond motifs is 1. The number of anilines is 1. The average Bonchev–Trinajstić information content (AvgIpc) is 3.26. The van der Waals surface area contributed by atoms with Crippen LogP contribution in [0, 0.1) is 11.3 Å². The van der Waals surface area contributed by atoms with Crippen LogP contribution in [-0.4, -0.2) is 4.57 Å². The van der Waals surface area contributed by atoms with E-state index in [1.807, 2.05) is 30.3 Å². The standard InChI is InChI=1S/C16H18N2O/c17-14-9-11-3-1-2-4-13(11)15(19)18(14)10-16(7-8-16)12-5-6-12/h1-4,9,12H,5-8,10,17H2. The molecule has 0 bridgehead atoms. The highest BCUT2D eigenvalue weighted by atomic mass is 16.1. The van der Waals surface area contributed by atoms with Gasteiger partial charge in [0.2, 0.25) is 0 Å². The first-order valence-electron chi connectivity index (χ1n) is 7.08. The molecular weight excluding hydrogens is 236 g/mol. The van der Waals surface area contributed by atoms with Gasteiger partial charge in [0.1, 0.15) is 5.82 Å². The van der Waals surface area contributed by atoms with Gasteiger partial charge in [0.25, 0.3) is 5.56 Å². The maximum absolute atomic E-state index is 12.6. The summed E-state index contributed by atoms with van der Waals surface area (Å²) in [5.41, 5.74) is 6.57. The van der Waals surface area contributed by atoms with Crippen LogP contribution >= 0.6 is 0 Å². The van der Waals surface area contributed by atoms with E-state index in [1.54, 1.807) is 4.57 Å². The van der Waals surface area contributed by atoms with Crippen molar-refractivity contribution in [2.45, 2.75) is 32.2 Å². The highest BCUT2D eigenvalue weighted by Gasteiger charge is 2.54. The molecule has 2 aliphatic rings. The molecule has 0 aliphatic heterocycles. The second kappa shape index (κ2) is 3.62. The Kier molecular flexibility index (Phi) is 2.12. The molecule has 2 aliphatic carbocycles. The molecule has 0 spiro atoms. The number of pyridine rings is 1. The van der Waals surface area contributed by atoms with E-state index < -0.39 is 0 Å². The third kappa shape index (κ3) is 1.68. The van der Waals surface area contributed by atoms with Crippen LogP contribution in [0.5, 0.6) is 0 Å². The molecule has 1 aromatic carbocycles. The van der Waals surface area contributed by atoms with Crippen molar-refractivity contribution in [2.75, 3.05) is 5.73 Å². The number of hydrogen-bond acceptors (Lipinski definition) is 2. The minimum atomic E-state index is 0.0718. The number of nitrogens with zero attached hydrogens (tertiary/aromatic N) is 1. The number of hydrogen-bond donors (Lipinski definition) is 1. The van der Waals surface area contributed by atoms with Gasteiger partial charge in [-0.25, -0.2) is 0 Å². The lowest BCUT2D eigenvalue weighted by Gasteiger charge is -2.18. The first-order chi connectivity index (χ1) is 9.20. The molecule has 0 saturated heterocycles. The van der Waals surface area contributed by atoms with Gasteiger partial charge in [-0.3, -0.25) is 9.36 Å². The first-order valence-corrected chi connectivity index (χ1v) is 7.08. The van der Waals surface area contributed by atoms with Crippen molar-refractivity contribution in [3.05, 3.63) is 40.7 Å². The van der Waals surface area contributed by atoms with Crippen molar-refractivity contribution < 1.29 is 0 Å². The van der Waals surface area contributed by atoms with Crippen molar-refractivity contribution in [1.29, 1.82) is 0 Å². The molecule has 0 unspecified atom stereocenters. The van der Waals surface area contributed by atoms with Crippen molar-refractivity contribution in [2.24, 2.45) is 11.3 Å². The van der Waals surface area contributed by atoms with Crippen LogP contribution in [0.25, 0.3) is 10.8 Å². The molecule has 2 aromatic rings. The zero-order valence-corrected chi connectivity index (χ0v) is 10.9. The Morgan fingerprint density at radius 3 is 2.68 bits per heavy atom. The van der Waals surface area contributed by atoms with Gasteiger partial charge in [-0.05, 0) is 54.5 Å². The van der Waals surface area contributed by atoms with Gasteiger partial charge < -0.3 is 5.73 Å². The Hall–Kier alpha value is -1.77. The van der Waals surface area contributed by atoms with E-state index in [0.717, 1.165) is 23.2 Å². The summed E-state index contributed by atoms with van der Waals surface area (Å²) in [7, 11) is 0.